The average Bonchev–Trinajstić information content (AvgIpc) is 2.69. The number of carbonyl (C=O) groups is 1. The Labute approximate surface area is 169 Å². The molecule has 3 N–H and O–H groups in total. The quantitative estimate of drug-likeness (QED) is 0.290. The molecule has 0 amide bonds. The van der Waals surface area contributed by atoms with E-state index in [9.17, 15) is 13.6 Å². The number of nitrogens with one attached hydrogen (secondary N) is 3. The number of rotatable bonds is 11. The molecule has 1 saturated heterocycles. The number of hydrazone groups is 1. The second-order valence-electron chi connectivity index (χ2n) is 6.89. The van der Waals surface area contributed by atoms with Gasteiger partial charge in [-0.15, -0.1) is 0 Å². The molecule has 1 aromatic rings. The molecule has 160 valence electrons. The summed E-state index contributed by atoms with van der Waals surface area (Å²) >= 11 is 0. The Balaban J connectivity index is 2.04. The Hall–Kier alpha value is -2.75. The van der Waals surface area contributed by atoms with Gasteiger partial charge in [0.05, 0.1) is 12.8 Å². The third kappa shape index (κ3) is 6.38. The van der Waals surface area contributed by atoms with E-state index in [4.69, 9.17) is 10.1 Å². The molecule has 1 aliphatic rings. The predicted octanol–water partition coefficient (Wildman–Crippen LogP) is 1.36. The molecule has 0 aromatic heterocycles. The molecule has 0 bridgehead atoms. The zero-order valence-electron chi connectivity index (χ0n) is 16.7. The number of carbonyl (C=O) groups excluding carboxylic acids is 1. The summed E-state index contributed by atoms with van der Waals surface area (Å²) in [5.41, 5.74) is 3.29. The number of ether oxygens (including phenoxy) is 1. The fourth-order valence-corrected chi connectivity index (χ4v) is 3.37. The van der Waals surface area contributed by atoms with E-state index in [1.165, 1.54) is 18.3 Å². The lowest BCUT2D eigenvalue weighted by Crippen LogP contribution is -2.41. The summed E-state index contributed by atoms with van der Waals surface area (Å²) in [4.78, 5) is 14.0. The molecule has 0 aliphatic carbocycles. The van der Waals surface area contributed by atoms with Crippen molar-refractivity contribution in [2.75, 3.05) is 50.1 Å². The highest BCUT2D eigenvalue weighted by atomic mass is 19.1. The Morgan fingerprint density at radius 3 is 2.59 bits per heavy atom. The minimum Gasteiger partial charge on any atom is -0.461 e. The smallest absolute Gasteiger partial charge is 0.293 e. The minimum atomic E-state index is -0.624. The van der Waals surface area contributed by atoms with E-state index in [1.807, 2.05) is 0 Å². The number of nitrogens with zero attached hydrogens (tertiary/aromatic N) is 3. The zero-order valence-corrected chi connectivity index (χ0v) is 16.7. The van der Waals surface area contributed by atoms with Crippen LogP contribution in [-0.2, 0) is 9.53 Å². The molecular formula is C19H28F2N6O2. The van der Waals surface area contributed by atoms with Gasteiger partial charge in [-0.2, -0.15) is 5.10 Å². The van der Waals surface area contributed by atoms with Gasteiger partial charge in [0.15, 0.2) is 11.6 Å². The lowest BCUT2D eigenvalue weighted by Gasteiger charge is -2.34. The molecule has 0 spiro atoms. The molecule has 2 rings (SSSR count). The van der Waals surface area contributed by atoms with Gasteiger partial charge in [-0.05, 0) is 32.0 Å². The summed E-state index contributed by atoms with van der Waals surface area (Å²) < 4.78 is 34.5. The largest absolute Gasteiger partial charge is 0.461 e. The van der Waals surface area contributed by atoms with Crippen LogP contribution in [0.4, 0.5) is 20.2 Å². The molecule has 1 atom stereocenters. The standard InChI is InChI=1S/C19H28F2N6O2/c1-23-11-16(29-13-28)12-26(2)15-9-17(20)19(18(21)10-15)27-7-3-14(4-8-27)25-24-6-5-22/h5-6,9-10,13-14,16,22-23,25H,3-4,7-8,11-12H2,1-2H3/b22-5?,24-6-. The highest BCUT2D eigenvalue weighted by Crippen LogP contribution is 2.30. The van der Waals surface area contributed by atoms with Crippen LogP contribution in [0, 0.1) is 17.0 Å². The summed E-state index contributed by atoms with van der Waals surface area (Å²) in [5, 5.41) is 13.7. The monoisotopic (exact) mass is 410 g/mol. The van der Waals surface area contributed by atoms with E-state index in [2.05, 4.69) is 15.8 Å². The first-order valence-electron chi connectivity index (χ1n) is 9.46. The molecule has 0 saturated carbocycles. The van der Waals surface area contributed by atoms with Gasteiger partial charge < -0.3 is 30.7 Å². The van der Waals surface area contributed by atoms with Crippen LogP contribution >= 0.6 is 0 Å². The minimum absolute atomic E-state index is 0.0282. The van der Waals surface area contributed by atoms with Crippen molar-refractivity contribution in [3.05, 3.63) is 23.8 Å². The fraction of sp³-hybridized carbons (Fsp3) is 0.526. The van der Waals surface area contributed by atoms with Crippen molar-refractivity contribution < 1.29 is 18.3 Å². The van der Waals surface area contributed by atoms with Gasteiger partial charge in [0.1, 0.15) is 11.8 Å². The van der Waals surface area contributed by atoms with E-state index in [0.29, 0.717) is 51.2 Å². The average molecular weight is 410 g/mol. The molecule has 10 heteroatoms. The molecule has 8 nitrogen and oxygen atoms in total. The third-order valence-electron chi connectivity index (χ3n) is 4.82. The van der Waals surface area contributed by atoms with Crippen LogP contribution in [0.5, 0.6) is 0 Å². The number of likely N-dealkylation sites (N-methyl/N-ethyl adjacent to an activating group) is 2. The number of benzene rings is 1. The zero-order chi connectivity index (χ0) is 21.2. The van der Waals surface area contributed by atoms with Crippen molar-refractivity contribution in [3.63, 3.8) is 0 Å². The van der Waals surface area contributed by atoms with Crippen LogP contribution in [0.3, 0.4) is 0 Å². The Bertz CT molecular complexity index is 687. The molecule has 0 radical (unpaired) electrons. The van der Waals surface area contributed by atoms with E-state index in [1.54, 1.807) is 23.9 Å². The number of piperidine rings is 1. The van der Waals surface area contributed by atoms with E-state index in [0.717, 1.165) is 6.21 Å². The second kappa shape index (κ2) is 11.3. The summed E-state index contributed by atoms with van der Waals surface area (Å²) in [6.45, 7) is 2.09. The maximum Gasteiger partial charge on any atom is 0.293 e. The molecule has 1 heterocycles. The number of hydrogen-bond acceptors (Lipinski definition) is 8. The van der Waals surface area contributed by atoms with E-state index in [-0.39, 0.29) is 11.7 Å². The van der Waals surface area contributed by atoms with Crippen LogP contribution in [0.1, 0.15) is 12.8 Å². The molecular weight excluding hydrogens is 382 g/mol. The first-order valence-corrected chi connectivity index (χ1v) is 9.46. The topological polar surface area (TPSA) is 93.1 Å². The van der Waals surface area contributed by atoms with Gasteiger partial charge in [0.2, 0.25) is 0 Å². The van der Waals surface area contributed by atoms with Gasteiger partial charge in [0.25, 0.3) is 6.47 Å². The number of halogens is 2. The van der Waals surface area contributed by atoms with Crippen LogP contribution in [0.2, 0.25) is 0 Å². The van der Waals surface area contributed by atoms with Crippen molar-refractivity contribution in [2.45, 2.75) is 25.0 Å². The molecule has 1 aromatic carbocycles. The van der Waals surface area contributed by atoms with Gasteiger partial charge >= 0.3 is 0 Å². The van der Waals surface area contributed by atoms with Gasteiger partial charge in [-0.1, -0.05) is 0 Å². The molecule has 1 aliphatic heterocycles. The van der Waals surface area contributed by atoms with E-state index < -0.39 is 17.7 Å². The lowest BCUT2D eigenvalue weighted by molar-refractivity contribution is -0.132. The van der Waals surface area contributed by atoms with Gasteiger partial charge in [-0.25, -0.2) is 8.78 Å². The molecule has 29 heavy (non-hydrogen) atoms. The first-order chi connectivity index (χ1) is 14.0. The number of anilines is 2. The summed E-state index contributed by atoms with van der Waals surface area (Å²) in [7, 11) is 3.42. The van der Waals surface area contributed by atoms with Crippen LogP contribution in [-0.4, -0.2) is 71.3 Å². The normalized spacial score (nSPS) is 15.9. The Morgan fingerprint density at radius 2 is 2.03 bits per heavy atom. The van der Waals surface area contributed by atoms with Crippen molar-refractivity contribution in [2.24, 2.45) is 5.10 Å². The third-order valence-corrected chi connectivity index (χ3v) is 4.82. The Morgan fingerprint density at radius 1 is 1.38 bits per heavy atom. The van der Waals surface area contributed by atoms with Crippen LogP contribution in [0.25, 0.3) is 0 Å². The Kier molecular flexibility index (Phi) is 8.78. The molecule has 1 unspecified atom stereocenters. The van der Waals surface area contributed by atoms with Crippen molar-refractivity contribution in [3.8, 4) is 0 Å². The number of hydrogen-bond donors (Lipinski definition) is 3. The predicted molar refractivity (Wildman–Crippen MR) is 110 cm³/mol. The maximum absolute atomic E-state index is 14.8. The summed E-state index contributed by atoms with van der Waals surface area (Å²) in [6.07, 6.45) is 3.37. The van der Waals surface area contributed by atoms with Crippen LogP contribution < -0.4 is 20.5 Å². The van der Waals surface area contributed by atoms with Crippen molar-refractivity contribution in [1.29, 1.82) is 5.41 Å². The van der Waals surface area contributed by atoms with E-state index >= 15 is 0 Å². The fourth-order valence-electron chi connectivity index (χ4n) is 3.37. The highest BCUT2D eigenvalue weighted by Gasteiger charge is 2.25. The van der Waals surface area contributed by atoms with Crippen molar-refractivity contribution in [1.82, 2.24) is 10.7 Å². The lowest BCUT2D eigenvalue weighted by atomic mass is 10.0. The second-order valence-corrected chi connectivity index (χ2v) is 6.89. The summed E-state index contributed by atoms with van der Waals surface area (Å²) in [5.74, 6) is -1.25. The van der Waals surface area contributed by atoms with Crippen molar-refractivity contribution >= 4 is 30.3 Å². The molecule has 1 fully saturated rings. The summed E-state index contributed by atoms with van der Waals surface area (Å²) in [6, 6.07) is 2.71. The maximum atomic E-state index is 14.8. The van der Waals surface area contributed by atoms with Crippen LogP contribution in [0.15, 0.2) is 17.2 Å². The van der Waals surface area contributed by atoms with Gasteiger partial charge in [-0.3, -0.25) is 4.79 Å². The highest BCUT2D eigenvalue weighted by molar-refractivity contribution is 6.14. The van der Waals surface area contributed by atoms with Gasteiger partial charge in [0, 0.05) is 44.6 Å². The SMILES string of the molecule is CNCC(CN(C)c1cc(F)c(N2CCC(N/N=C\C=N)CC2)c(F)c1)OC=O. The first kappa shape index (κ1) is 22.5.